The van der Waals surface area contributed by atoms with Gasteiger partial charge >= 0.3 is 0 Å². The highest BCUT2D eigenvalue weighted by Gasteiger charge is 2.44. The second kappa shape index (κ2) is 27.2. The molecule has 11 rings (SSSR count). The van der Waals surface area contributed by atoms with Crippen LogP contribution in [0.3, 0.4) is 0 Å². The maximum Gasteiger partial charge on any atom is 0.262 e. The average molecular weight is 1210 g/mol. The molecule has 87 heavy (non-hydrogen) atoms. The van der Waals surface area contributed by atoms with E-state index in [-0.39, 0.29) is 70.7 Å². The molecule has 4 aliphatic heterocycles. The Kier molecular flexibility index (Phi) is 19.3. The van der Waals surface area contributed by atoms with Crippen LogP contribution < -0.4 is 0 Å². The SMILES string of the molecule is CCCCCCCCCCCCn1c2nc(-c3cc4c5c(ccc6c5c3C(=O)N(CCCCCC)C6=O)C(=O)N(CCCCCC)C4=O)sc2c2sc(-c3cc4c5c(ccc6c5c3C(=O)N(CCCCCC)C6=O)C(=O)N(CCCCCC)C4=O)nc21. The summed E-state index contributed by atoms with van der Waals surface area (Å²) in [5.41, 5.74) is 4.21. The molecule has 0 fully saturated rings. The molecule has 8 amide bonds. The summed E-state index contributed by atoms with van der Waals surface area (Å²) in [5, 5.41) is 2.20. The molecule has 458 valence electrons. The molecule has 0 spiro atoms. The van der Waals surface area contributed by atoms with Gasteiger partial charge in [-0.2, -0.15) is 0 Å². The van der Waals surface area contributed by atoms with Crippen LogP contribution in [0.5, 0.6) is 0 Å². The Bertz CT molecular complexity index is 3650. The van der Waals surface area contributed by atoms with Gasteiger partial charge in [0, 0.05) is 98.8 Å². The maximum atomic E-state index is 15.3. The predicted molar refractivity (Wildman–Crippen MR) is 347 cm³/mol. The summed E-state index contributed by atoms with van der Waals surface area (Å²) in [6.45, 7) is 12.1. The van der Waals surface area contributed by atoms with Crippen molar-refractivity contribution in [1.82, 2.24) is 34.1 Å². The van der Waals surface area contributed by atoms with Crippen LogP contribution in [0.15, 0.2) is 36.4 Å². The quantitative estimate of drug-likeness (QED) is 0.0284. The van der Waals surface area contributed by atoms with E-state index in [1.54, 1.807) is 36.4 Å². The maximum absolute atomic E-state index is 15.3. The first-order chi connectivity index (χ1) is 42.4. The number of fused-ring (bicyclic) bond motifs is 3. The molecule has 0 atom stereocenters. The number of amides is 8. The van der Waals surface area contributed by atoms with Gasteiger partial charge in [0.05, 0.1) is 20.5 Å². The minimum atomic E-state index is -0.488. The standard InChI is InChI=1S/C70H83N7O8S2/c1-6-11-16-21-22-23-24-25-26-31-36-73-59-57(86-61(71-59)47-41-49-51-43(63(78)74(67(49)82)37-27-17-12-7-2)32-34-45-53(51)55(47)69(84)76(65(45)80)39-29-19-14-9-4)58-60(73)72-62(87-58)48-42-50-52-44(64(79)75(68(50)83)38-28-18-13-8-3)33-35-46-54(52)56(48)70(85)77(66(46)81)40-30-20-15-10-5/h32-35,41-42H,6-31,36-40H2,1-5H3. The van der Waals surface area contributed by atoms with Crippen LogP contribution in [0.4, 0.5) is 0 Å². The van der Waals surface area contributed by atoms with Gasteiger partial charge in [-0.3, -0.25) is 58.0 Å². The van der Waals surface area contributed by atoms with Crippen molar-refractivity contribution in [3.8, 4) is 21.1 Å². The van der Waals surface area contributed by atoms with Crippen molar-refractivity contribution in [2.75, 3.05) is 26.2 Å². The summed E-state index contributed by atoms with van der Waals surface area (Å²) in [5.74, 6) is -3.69. The summed E-state index contributed by atoms with van der Waals surface area (Å²) in [4.78, 5) is 134. The molecule has 0 radical (unpaired) electrons. The van der Waals surface area contributed by atoms with Gasteiger partial charge in [0.25, 0.3) is 47.3 Å². The minimum Gasteiger partial charge on any atom is -0.308 e. The van der Waals surface area contributed by atoms with E-state index >= 15 is 9.59 Å². The van der Waals surface area contributed by atoms with Crippen LogP contribution in [0.25, 0.3) is 63.4 Å². The van der Waals surface area contributed by atoms with Crippen molar-refractivity contribution >= 4 is 112 Å². The molecule has 3 aromatic heterocycles. The molecule has 0 saturated heterocycles. The number of carbonyl (C=O) groups is 8. The van der Waals surface area contributed by atoms with Gasteiger partial charge < -0.3 is 4.57 Å². The van der Waals surface area contributed by atoms with Gasteiger partial charge in [-0.05, 0) is 68.5 Å². The zero-order valence-corrected chi connectivity index (χ0v) is 53.2. The fraction of sp³-hybridized carbons (Fsp3) is 0.514. The Balaban J connectivity index is 1.08. The van der Waals surface area contributed by atoms with Crippen LogP contribution >= 0.6 is 22.7 Å². The number of aryl methyl sites for hydroxylation is 1. The normalized spacial score (nSPS) is 14.9. The third-order valence-corrected chi connectivity index (χ3v) is 20.7. The Labute approximate surface area is 518 Å². The first kappa shape index (κ1) is 61.7. The van der Waals surface area contributed by atoms with E-state index in [9.17, 15) is 28.8 Å². The fourth-order valence-corrected chi connectivity index (χ4v) is 16.0. The number of thiazole rings is 2. The van der Waals surface area contributed by atoms with Crippen molar-refractivity contribution < 1.29 is 38.4 Å². The fourth-order valence-electron chi connectivity index (χ4n) is 13.7. The van der Waals surface area contributed by atoms with Gasteiger partial charge in [-0.15, -0.1) is 22.7 Å². The van der Waals surface area contributed by atoms with Gasteiger partial charge in [-0.25, -0.2) is 9.97 Å². The number of hydrogen-bond donors (Lipinski definition) is 0. The Morgan fingerprint density at radius 2 is 0.563 bits per heavy atom. The molecule has 0 saturated carbocycles. The Hall–Kier alpha value is -6.98. The third kappa shape index (κ3) is 11.4. The number of nitrogens with zero attached hydrogens (tertiary/aromatic N) is 7. The summed E-state index contributed by atoms with van der Waals surface area (Å²) >= 11 is 2.74. The summed E-state index contributed by atoms with van der Waals surface area (Å²) < 4.78 is 3.67. The topological polar surface area (TPSA) is 180 Å². The third-order valence-electron chi connectivity index (χ3n) is 18.4. The Morgan fingerprint density at radius 3 is 0.897 bits per heavy atom. The van der Waals surface area contributed by atoms with E-state index in [1.165, 1.54) is 80.8 Å². The van der Waals surface area contributed by atoms with E-state index < -0.39 is 47.3 Å². The number of benzene rings is 4. The van der Waals surface area contributed by atoms with Crippen molar-refractivity contribution in [1.29, 1.82) is 0 Å². The number of imide groups is 4. The number of carbonyl (C=O) groups excluding carboxylic acids is 8. The van der Waals surface area contributed by atoms with Gasteiger partial charge in [0.1, 0.15) is 10.0 Å². The molecule has 15 nitrogen and oxygen atoms in total. The van der Waals surface area contributed by atoms with Crippen LogP contribution in [0.2, 0.25) is 0 Å². The molecule has 0 bridgehead atoms. The van der Waals surface area contributed by atoms with Crippen LogP contribution in [0, 0.1) is 0 Å². The largest absolute Gasteiger partial charge is 0.308 e. The average Bonchev–Trinajstić information content (AvgIpc) is 1.24. The second-order valence-electron chi connectivity index (χ2n) is 24.5. The molecule has 4 aromatic carbocycles. The lowest BCUT2D eigenvalue weighted by Crippen LogP contribution is -2.44. The molecule has 17 heteroatoms. The van der Waals surface area contributed by atoms with E-state index in [4.69, 9.17) is 9.97 Å². The number of unbranched alkanes of at least 4 members (excludes halogenated alkanes) is 21. The smallest absolute Gasteiger partial charge is 0.262 e. The van der Waals surface area contributed by atoms with Crippen molar-refractivity contribution in [2.24, 2.45) is 0 Å². The lowest BCUT2D eigenvalue weighted by atomic mass is 9.83. The van der Waals surface area contributed by atoms with Gasteiger partial charge in [0.15, 0.2) is 11.3 Å². The lowest BCUT2D eigenvalue weighted by Gasteiger charge is -2.33. The number of hydrogen-bond acceptors (Lipinski definition) is 12. The minimum absolute atomic E-state index is 0.215. The second-order valence-corrected chi connectivity index (χ2v) is 26.5. The van der Waals surface area contributed by atoms with E-state index in [0.717, 1.165) is 112 Å². The molecule has 4 aliphatic rings. The van der Waals surface area contributed by atoms with Gasteiger partial charge in [0.2, 0.25) is 0 Å². The Morgan fingerprint density at radius 1 is 0.299 bits per heavy atom. The van der Waals surface area contributed by atoms with Crippen LogP contribution in [-0.2, 0) is 6.54 Å². The lowest BCUT2D eigenvalue weighted by molar-refractivity contribution is 0.0586. The highest BCUT2D eigenvalue weighted by molar-refractivity contribution is 7.29. The zero-order valence-electron chi connectivity index (χ0n) is 51.6. The van der Waals surface area contributed by atoms with E-state index in [2.05, 4.69) is 39.2 Å². The monoisotopic (exact) mass is 1210 g/mol. The summed E-state index contributed by atoms with van der Waals surface area (Å²) in [6, 6.07) is 10.0. The van der Waals surface area contributed by atoms with Crippen LogP contribution in [-0.4, -0.2) is 108 Å². The van der Waals surface area contributed by atoms with E-state index in [1.807, 2.05) is 0 Å². The molecular weight excluding hydrogens is 1130 g/mol. The molecule has 0 unspecified atom stereocenters. The van der Waals surface area contributed by atoms with Crippen molar-refractivity contribution in [2.45, 2.75) is 208 Å². The highest BCUT2D eigenvalue weighted by Crippen LogP contribution is 2.50. The molecule has 7 heterocycles. The molecule has 7 aromatic rings. The summed E-state index contributed by atoms with van der Waals surface area (Å²) in [7, 11) is 0. The zero-order chi connectivity index (χ0) is 61.0. The molecular formula is C70H83N7O8S2. The number of aromatic nitrogens is 3. The highest BCUT2D eigenvalue weighted by atomic mass is 32.1. The van der Waals surface area contributed by atoms with Crippen molar-refractivity contribution in [3.05, 3.63) is 80.9 Å². The molecule has 0 aliphatic carbocycles. The first-order valence-electron chi connectivity index (χ1n) is 32.9. The van der Waals surface area contributed by atoms with Crippen molar-refractivity contribution in [3.63, 3.8) is 0 Å². The predicted octanol–water partition coefficient (Wildman–Crippen LogP) is 17.0. The van der Waals surface area contributed by atoms with E-state index in [0.29, 0.717) is 86.2 Å². The number of rotatable bonds is 33. The first-order valence-corrected chi connectivity index (χ1v) is 34.6. The summed E-state index contributed by atoms with van der Waals surface area (Å²) in [6.07, 6.45) is 25.1. The van der Waals surface area contributed by atoms with Gasteiger partial charge in [-0.1, -0.05) is 169 Å². The van der Waals surface area contributed by atoms with Crippen LogP contribution in [0.1, 0.15) is 284 Å². The molecule has 0 N–H and O–H groups in total.